The molecule has 0 aromatic heterocycles. The molecule has 0 spiro atoms. The first-order valence-corrected chi connectivity index (χ1v) is 8.54. The minimum atomic E-state index is -3.94. The number of nitrogens with zero attached hydrogens (tertiary/aromatic N) is 1. The molecular weight excluding hydrogens is 399 g/mol. The quantitative estimate of drug-likeness (QED) is 0.820. The van der Waals surface area contributed by atoms with Crippen molar-refractivity contribution in [3.05, 3.63) is 56.5 Å². The molecule has 0 atom stereocenters. The predicted molar refractivity (Wildman–Crippen MR) is 86.1 cm³/mol. The summed E-state index contributed by atoms with van der Waals surface area (Å²) in [7, 11) is -3.94. The van der Waals surface area contributed by atoms with Gasteiger partial charge in [-0.25, -0.2) is 8.42 Å². The molecule has 2 aromatic carbocycles. The standard InChI is InChI=1S/C13H7BrCl2N2O2S/c14-9-1-4-12(8(5-9)7-17)18-21(19,20)13-6-10(15)2-3-11(13)16/h1-6,18H. The molecule has 0 aliphatic heterocycles. The van der Waals surface area contributed by atoms with E-state index in [1.165, 1.54) is 30.3 Å². The number of halogens is 3. The third-order valence-electron chi connectivity index (χ3n) is 2.53. The lowest BCUT2D eigenvalue weighted by Gasteiger charge is -2.11. The maximum absolute atomic E-state index is 12.4. The Morgan fingerprint density at radius 3 is 2.52 bits per heavy atom. The topological polar surface area (TPSA) is 70.0 Å². The van der Waals surface area contributed by atoms with Crippen LogP contribution in [0.5, 0.6) is 0 Å². The molecule has 0 aliphatic carbocycles. The van der Waals surface area contributed by atoms with Gasteiger partial charge in [-0.1, -0.05) is 39.1 Å². The molecule has 2 rings (SSSR count). The molecule has 108 valence electrons. The summed E-state index contributed by atoms with van der Waals surface area (Å²) in [6, 6.07) is 10.7. The second kappa shape index (κ2) is 6.24. The highest BCUT2D eigenvalue weighted by Gasteiger charge is 2.20. The molecule has 21 heavy (non-hydrogen) atoms. The van der Waals surface area contributed by atoms with Gasteiger partial charge < -0.3 is 0 Å². The van der Waals surface area contributed by atoms with Crippen LogP contribution < -0.4 is 4.72 Å². The van der Waals surface area contributed by atoms with Crippen molar-refractivity contribution >= 4 is 54.8 Å². The first kappa shape index (κ1) is 16.1. The Hall–Kier alpha value is -1.26. The Morgan fingerprint density at radius 2 is 1.86 bits per heavy atom. The molecule has 2 aromatic rings. The van der Waals surface area contributed by atoms with Crippen LogP contribution in [0.2, 0.25) is 10.0 Å². The van der Waals surface area contributed by atoms with Crippen LogP contribution in [0.15, 0.2) is 45.8 Å². The maximum atomic E-state index is 12.4. The average Bonchev–Trinajstić information content (AvgIpc) is 2.43. The molecule has 0 saturated heterocycles. The van der Waals surface area contributed by atoms with Gasteiger partial charge in [0.1, 0.15) is 11.0 Å². The first-order valence-electron chi connectivity index (χ1n) is 5.51. The van der Waals surface area contributed by atoms with E-state index in [1.54, 1.807) is 6.07 Å². The van der Waals surface area contributed by atoms with Crippen LogP contribution in [-0.4, -0.2) is 8.42 Å². The minimum Gasteiger partial charge on any atom is -0.278 e. The SMILES string of the molecule is N#Cc1cc(Br)ccc1NS(=O)(=O)c1cc(Cl)ccc1Cl. The number of anilines is 1. The van der Waals surface area contributed by atoms with Crippen LogP contribution in [0.25, 0.3) is 0 Å². The van der Waals surface area contributed by atoms with Gasteiger partial charge in [0.05, 0.1) is 16.3 Å². The van der Waals surface area contributed by atoms with Gasteiger partial charge in [-0.05, 0) is 36.4 Å². The summed E-state index contributed by atoms with van der Waals surface area (Å²) >= 11 is 14.9. The van der Waals surface area contributed by atoms with E-state index >= 15 is 0 Å². The van der Waals surface area contributed by atoms with E-state index < -0.39 is 10.0 Å². The van der Waals surface area contributed by atoms with E-state index in [0.717, 1.165) is 0 Å². The zero-order chi connectivity index (χ0) is 15.6. The number of nitrogens with one attached hydrogen (secondary N) is 1. The zero-order valence-electron chi connectivity index (χ0n) is 10.3. The van der Waals surface area contributed by atoms with Gasteiger partial charge in [0.25, 0.3) is 10.0 Å². The van der Waals surface area contributed by atoms with Crippen LogP contribution in [0.1, 0.15) is 5.56 Å². The van der Waals surface area contributed by atoms with Crippen molar-refractivity contribution < 1.29 is 8.42 Å². The largest absolute Gasteiger partial charge is 0.278 e. The Balaban J connectivity index is 2.48. The van der Waals surface area contributed by atoms with Crippen molar-refractivity contribution in [3.8, 4) is 6.07 Å². The number of sulfonamides is 1. The third-order valence-corrected chi connectivity index (χ3v) is 5.10. The summed E-state index contributed by atoms with van der Waals surface area (Å²) in [5.41, 5.74) is 0.350. The van der Waals surface area contributed by atoms with Crippen LogP contribution in [0.3, 0.4) is 0 Å². The number of nitriles is 1. The van der Waals surface area contributed by atoms with E-state index in [-0.39, 0.29) is 26.2 Å². The van der Waals surface area contributed by atoms with Gasteiger partial charge in [0.2, 0.25) is 0 Å². The van der Waals surface area contributed by atoms with E-state index in [0.29, 0.717) is 4.47 Å². The highest BCUT2D eigenvalue weighted by atomic mass is 79.9. The van der Waals surface area contributed by atoms with Gasteiger partial charge in [-0.2, -0.15) is 5.26 Å². The van der Waals surface area contributed by atoms with Gasteiger partial charge in [-0.15, -0.1) is 0 Å². The monoisotopic (exact) mass is 404 g/mol. The van der Waals surface area contributed by atoms with Crippen molar-refractivity contribution in [3.63, 3.8) is 0 Å². The van der Waals surface area contributed by atoms with Gasteiger partial charge in [0, 0.05) is 9.50 Å². The molecule has 4 nitrogen and oxygen atoms in total. The third kappa shape index (κ3) is 3.69. The number of hydrogen-bond donors (Lipinski definition) is 1. The second-order valence-electron chi connectivity index (χ2n) is 3.98. The van der Waals surface area contributed by atoms with E-state index in [2.05, 4.69) is 20.7 Å². The summed E-state index contributed by atoms with van der Waals surface area (Å²) in [4.78, 5) is -0.150. The lowest BCUT2D eigenvalue weighted by molar-refractivity contribution is 0.601. The number of hydrogen-bond acceptors (Lipinski definition) is 3. The van der Waals surface area contributed by atoms with Crippen molar-refractivity contribution in [2.45, 2.75) is 4.90 Å². The van der Waals surface area contributed by atoms with Crippen LogP contribution in [0.4, 0.5) is 5.69 Å². The lowest BCUT2D eigenvalue weighted by Crippen LogP contribution is -2.14. The number of rotatable bonds is 3. The van der Waals surface area contributed by atoms with E-state index in [1.807, 2.05) is 6.07 Å². The van der Waals surface area contributed by atoms with Crippen molar-refractivity contribution in [1.29, 1.82) is 5.26 Å². The maximum Gasteiger partial charge on any atom is 0.263 e. The van der Waals surface area contributed by atoms with Crippen molar-refractivity contribution in [2.75, 3.05) is 4.72 Å². The van der Waals surface area contributed by atoms with E-state index in [4.69, 9.17) is 28.5 Å². The molecule has 0 heterocycles. The highest BCUT2D eigenvalue weighted by molar-refractivity contribution is 9.10. The summed E-state index contributed by atoms with van der Waals surface area (Å²) in [5, 5.41) is 9.35. The molecular formula is C13H7BrCl2N2O2S. The molecule has 0 saturated carbocycles. The van der Waals surface area contributed by atoms with Crippen LogP contribution in [0, 0.1) is 11.3 Å². The molecule has 1 N–H and O–H groups in total. The summed E-state index contributed by atoms with van der Waals surface area (Å²) in [5.74, 6) is 0. The molecule has 0 bridgehead atoms. The molecule has 0 aliphatic rings. The zero-order valence-corrected chi connectivity index (χ0v) is 14.2. The summed E-state index contributed by atoms with van der Waals surface area (Å²) in [6.45, 7) is 0. The fourth-order valence-electron chi connectivity index (χ4n) is 1.58. The normalized spacial score (nSPS) is 11.0. The molecule has 0 amide bonds. The molecule has 8 heteroatoms. The van der Waals surface area contributed by atoms with Crippen molar-refractivity contribution in [2.24, 2.45) is 0 Å². The van der Waals surface area contributed by atoms with Gasteiger partial charge in [0.15, 0.2) is 0 Å². The first-order chi connectivity index (χ1) is 9.83. The fourth-order valence-corrected chi connectivity index (χ4v) is 3.79. The van der Waals surface area contributed by atoms with E-state index in [9.17, 15) is 8.42 Å². The Bertz CT molecular complexity index is 848. The molecule has 0 fully saturated rings. The fraction of sp³-hybridized carbons (Fsp3) is 0. The van der Waals surface area contributed by atoms with Crippen LogP contribution >= 0.6 is 39.1 Å². The molecule has 0 unspecified atom stereocenters. The lowest BCUT2D eigenvalue weighted by atomic mass is 10.2. The summed E-state index contributed by atoms with van der Waals surface area (Å²) < 4.78 is 27.7. The average molecular weight is 406 g/mol. The second-order valence-corrected chi connectivity index (χ2v) is 7.39. The van der Waals surface area contributed by atoms with Gasteiger partial charge in [-0.3, -0.25) is 4.72 Å². The van der Waals surface area contributed by atoms with Crippen molar-refractivity contribution in [1.82, 2.24) is 0 Å². The minimum absolute atomic E-state index is 0.0440. The summed E-state index contributed by atoms with van der Waals surface area (Å²) in [6.07, 6.45) is 0. The highest BCUT2D eigenvalue weighted by Crippen LogP contribution is 2.28. The van der Waals surface area contributed by atoms with Crippen LogP contribution in [-0.2, 0) is 10.0 Å². The Kier molecular flexibility index (Phi) is 4.79. The predicted octanol–water partition coefficient (Wildman–Crippen LogP) is 4.43. The Morgan fingerprint density at radius 1 is 1.14 bits per heavy atom. The molecule has 0 radical (unpaired) electrons. The number of benzene rings is 2. The van der Waals surface area contributed by atoms with Gasteiger partial charge >= 0.3 is 0 Å². The smallest absolute Gasteiger partial charge is 0.263 e. The Labute approximate surface area is 140 Å².